The second-order valence-corrected chi connectivity index (χ2v) is 8.37. The van der Waals surface area contributed by atoms with Crippen LogP contribution in [0.15, 0.2) is 53.7 Å². The number of aromatic nitrogens is 3. The van der Waals surface area contributed by atoms with Gasteiger partial charge in [0.1, 0.15) is 0 Å². The number of nitrogens with zero attached hydrogens (tertiary/aromatic N) is 4. The molecule has 0 N–H and O–H groups in total. The van der Waals surface area contributed by atoms with Crippen LogP contribution in [0.25, 0.3) is 0 Å². The van der Waals surface area contributed by atoms with E-state index in [1.165, 1.54) is 17.8 Å². The van der Waals surface area contributed by atoms with Crippen molar-refractivity contribution in [3.63, 3.8) is 0 Å². The molecule has 0 aliphatic rings. The van der Waals surface area contributed by atoms with E-state index in [1.807, 2.05) is 35.8 Å². The maximum Gasteiger partial charge on any atom is 0.273 e. The second kappa shape index (κ2) is 10.3. The normalized spacial score (nSPS) is 12.0. The molecule has 1 aromatic heterocycles. The van der Waals surface area contributed by atoms with Gasteiger partial charge in [0.2, 0.25) is 0 Å². The molecule has 164 valence electrons. The molecule has 8 nitrogen and oxygen atoms in total. The standard InChI is InChI=1S/C22H26N4O4S/c1-15(2)13-25-21(16(3)30-20-12-8-7-11-19(20)29-4)23-24-22(25)31-14-17-9-5-6-10-18(17)26(27)28/h5-12,15-16H,13-14H2,1-4H3. The maximum atomic E-state index is 11.3. The third-order valence-corrected chi connectivity index (χ3v) is 5.59. The number of hydrogen-bond acceptors (Lipinski definition) is 7. The summed E-state index contributed by atoms with van der Waals surface area (Å²) in [4.78, 5) is 10.9. The van der Waals surface area contributed by atoms with Gasteiger partial charge in [-0.15, -0.1) is 10.2 Å². The second-order valence-electron chi connectivity index (χ2n) is 7.43. The molecule has 0 bridgehead atoms. The predicted octanol–water partition coefficient (Wildman–Crippen LogP) is 5.28. The smallest absolute Gasteiger partial charge is 0.273 e. The molecule has 0 aliphatic carbocycles. The fourth-order valence-corrected chi connectivity index (χ4v) is 4.11. The molecule has 1 atom stereocenters. The van der Waals surface area contributed by atoms with E-state index in [9.17, 15) is 10.1 Å². The summed E-state index contributed by atoms with van der Waals surface area (Å²) in [5, 5.41) is 20.7. The lowest BCUT2D eigenvalue weighted by Crippen LogP contribution is -2.15. The zero-order chi connectivity index (χ0) is 22.4. The number of benzene rings is 2. The first kappa shape index (κ1) is 22.6. The van der Waals surface area contributed by atoms with Gasteiger partial charge in [0.15, 0.2) is 28.6 Å². The SMILES string of the molecule is COc1ccccc1OC(C)c1nnc(SCc2ccccc2[N+](=O)[O-])n1CC(C)C. The Kier molecular flexibility index (Phi) is 7.51. The lowest BCUT2D eigenvalue weighted by molar-refractivity contribution is -0.385. The Morgan fingerprint density at radius 3 is 2.42 bits per heavy atom. The molecule has 3 aromatic rings. The van der Waals surface area contributed by atoms with E-state index in [2.05, 4.69) is 24.0 Å². The molecule has 0 fully saturated rings. The average Bonchev–Trinajstić information content (AvgIpc) is 3.14. The van der Waals surface area contributed by atoms with Crippen LogP contribution in [0.4, 0.5) is 5.69 Å². The first-order valence-electron chi connectivity index (χ1n) is 9.98. The van der Waals surface area contributed by atoms with E-state index < -0.39 is 0 Å². The predicted molar refractivity (Wildman–Crippen MR) is 120 cm³/mol. The van der Waals surface area contributed by atoms with Gasteiger partial charge in [0.05, 0.1) is 12.0 Å². The van der Waals surface area contributed by atoms with Crippen molar-refractivity contribution in [1.29, 1.82) is 0 Å². The molecule has 0 radical (unpaired) electrons. The van der Waals surface area contributed by atoms with Crippen molar-refractivity contribution >= 4 is 17.4 Å². The van der Waals surface area contributed by atoms with Crippen LogP contribution in [-0.2, 0) is 12.3 Å². The Balaban J connectivity index is 1.84. The molecule has 0 aliphatic heterocycles. The van der Waals surface area contributed by atoms with Gasteiger partial charge in [0, 0.05) is 23.9 Å². The maximum absolute atomic E-state index is 11.3. The van der Waals surface area contributed by atoms with Gasteiger partial charge >= 0.3 is 0 Å². The van der Waals surface area contributed by atoms with E-state index in [0.717, 1.165) is 0 Å². The van der Waals surface area contributed by atoms with Gasteiger partial charge in [-0.3, -0.25) is 10.1 Å². The molecule has 0 amide bonds. The monoisotopic (exact) mass is 442 g/mol. The van der Waals surface area contributed by atoms with Crippen LogP contribution in [0.1, 0.15) is 38.3 Å². The lowest BCUT2D eigenvalue weighted by Gasteiger charge is -2.19. The van der Waals surface area contributed by atoms with E-state index >= 15 is 0 Å². The average molecular weight is 443 g/mol. The van der Waals surface area contributed by atoms with Gasteiger partial charge in [-0.2, -0.15) is 0 Å². The Labute approximate surface area is 185 Å². The van der Waals surface area contributed by atoms with Crippen molar-refractivity contribution < 1.29 is 14.4 Å². The Morgan fingerprint density at radius 2 is 1.74 bits per heavy atom. The van der Waals surface area contributed by atoms with Crippen molar-refractivity contribution in [3.8, 4) is 11.5 Å². The van der Waals surface area contributed by atoms with Crippen LogP contribution < -0.4 is 9.47 Å². The minimum Gasteiger partial charge on any atom is -0.493 e. The number of thioether (sulfide) groups is 1. The summed E-state index contributed by atoms with van der Waals surface area (Å²) >= 11 is 1.43. The van der Waals surface area contributed by atoms with Gasteiger partial charge in [-0.25, -0.2) is 0 Å². The highest BCUT2D eigenvalue weighted by molar-refractivity contribution is 7.98. The molecule has 0 saturated heterocycles. The van der Waals surface area contributed by atoms with E-state index in [0.29, 0.717) is 46.3 Å². The number of rotatable bonds is 10. The number of hydrogen-bond donors (Lipinski definition) is 0. The van der Waals surface area contributed by atoms with Crippen molar-refractivity contribution in [2.75, 3.05) is 7.11 Å². The highest BCUT2D eigenvalue weighted by atomic mass is 32.2. The highest BCUT2D eigenvalue weighted by Gasteiger charge is 2.22. The summed E-state index contributed by atoms with van der Waals surface area (Å²) in [7, 11) is 1.60. The van der Waals surface area contributed by atoms with Crippen molar-refractivity contribution in [3.05, 3.63) is 70.0 Å². The summed E-state index contributed by atoms with van der Waals surface area (Å²) in [6, 6.07) is 14.2. The van der Waals surface area contributed by atoms with Gasteiger partial charge in [-0.05, 0) is 25.0 Å². The third kappa shape index (κ3) is 5.55. The molecule has 31 heavy (non-hydrogen) atoms. The zero-order valence-corrected chi connectivity index (χ0v) is 18.8. The number of para-hydroxylation sites is 3. The lowest BCUT2D eigenvalue weighted by atomic mass is 10.2. The molecule has 3 rings (SSSR count). The summed E-state index contributed by atoms with van der Waals surface area (Å²) in [6.07, 6.45) is -0.358. The molecular weight excluding hydrogens is 416 g/mol. The molecule has 0 spiro atoms. The van der Waals surface area contributed by atoms with Crippen molar-refractivity contribution in [2.24, 2.45) is 5.92 Å². The zero-order valence-electron chi connectivity index (χ0n) is 18.0. The van der Waals surface area contributed by atoms with Crippen LogP contribution in [-0.4, -0.2) is 26.8 Å². The van der Waals surface area contributed by atoms with Crippen LogP contribution >= 0.6 is 11.8 Å². The molecule has 9 heteroatoms. The van der Waals surface area contributed by atoms with E-state index in [4.69, 9.17) is 9.47 Å². The van der Waals surface area contributed by atoms with Crippen molar-refractivity contribution in [2.45, 2.75) is 44.3 Å². The Bertz CT molecular complexity index is 1040. The Morgan fingerprint density at radius 1 is 1.06 bits per heavy atom. The van der Waals surface area contributed by atoms with Crippen molar-refractivity contribution in [1.82, 2.24) is 14.8 Å². The van der Waals surface area contributed by atoms with Crippen LogP contribution in [0.3, 0.4) is 0 Å². The molecule has 1 unspecified atom stereocenters. The summed E-state index contributed by atoms with van der Waals surface area (Å²) < 4.78 is 13.5. The third-order valence-electron chi connectivity index (χ3n) is 4.57. The van der Waals surface area contributed by atoms with Crippen LogP contribution in [0.5, 0.6) is 11.5 Å². The first-order chi connectivity index (χ1) is 14.9. The molecule has 1 heterocycles. The first-order valence-corrected chi connectivity index (χ1v) is 11.0. The van der Waals surface area contributed by atoms with Crippen LogP contribution in [0.2, 0.25) is 0 Å². The minimum atomic E-state index is -0.358. The van der Waals surface area contributed by atoms with Gasteiger partial charge in [0.25, 0.3) is 5.69 Å². The quantitative estimate of drug-likeness (QED) is 0.239. The van der Waals surface area contributed by atoms with Crippen LogP contribution in [0, 0.1) is 16.0 Å². The molecule has 0 saturated carbocycles. The van der Waals surface area contributed by atoms with Gasteiger partial charge in [-0.1, -0.05) is 55.9 Å². The Hall–Kier alpha value is -3.07. The number of methoxy groups -OCH3 is 1. The van der Waals surface area contributed by atoms with E-state index in [1.54, 1.807) is 25.3 Å². The molecule has 2 aromatic carbocycles. The minimum absolute atomic E-state index is 0.109. The fraction of sp³-hybridized carbons (Fsp3) is 0.364. The summed E-state index contributed by atoms with van der Waals surface area (Å²) in [5.41, 5.74) is 0.759. The summed E-state index contributed by atoms with van der Waals surface area (Å²) in [5.74, 6) is 2.76. The highest BCUT2D eigenvalue weighted by Crippen LogP contribution is 2.32. The fourth-order valence-electron chi connectivity index (χ4n) is 3.16. The number of ether oxygens (including phenoxy) is 2. The number of nitro benzene ring substituents is 1. The number of nitro groups is 1. The molecular formula is C22H26N4O4S. The topological polar surface area (TPSA) is 92.3 Å². The van der Waals surface area contributed by atoms with Gasteiger partial charge < -0.3 is 14.0 Å². The largest absolute Gasteiger partial charge is 0.493 e. The summed E-state index contributed by atoms with van der Waals surface area (Å²) in [6.45, 7) is 6.86. The van der Waals surface area contributed by atoms with E-state index in [-0.39, 0.29) is 16.7 Å².